The van der Waals surface area contributed by atoms with Crippen molar-refractivity contribution in [3.05, 3.63) is 34.9 Å². The van der Waals surface area contributed by atoms with Gasteiger partial charge < -0.3 is 10.4 Å². The Hall–Kier alpha value is -0.860. The molecule has 0 heterocycles. The molecule has 0 radical (unpaired) electrons. The minimum atomic E-state index is -0.0690. The van der Waals surface area contributed by atoms with Gasteiger partial charge in [0.1, 0.15) is 0 Å². The normalized spacial score (nSPS) is 25.0. The number of aryl methyl sites for hydroxylation is 2. The molecule has 2 nitrogen and oxygen atoms in total. The van der Waals surface area contributed by atoms with E-state index >= 15 is 0 Å². The minimum absolute atomic E-state index is 0.0690. The van der Waals surface area contributed by atoms with Gasteiger partial charge >= 0.3 is 0 Å². The van der Waals surface area contributed by atoms with Crippen molar-refractivity contribution in [2.75, 3.05) is 0 Å². The van der Waals surface area contributed by atoms with Crippen molar-refractivity contribution >= 4 is 0 Å². The minimum Gasteiger partial charge on any atom is -0.393 e. The predicted octanol–water partition coefficient (Wildman–Crippen LogP) is 1.92. The molecule has 0 aromatic heterocycles. The van der Waals surface area contributed by atoms with Crippen molar-refractivity contribution in [1.82, 2.24) is 5.32 Å². The SMILES string of the molecule is Cc1cccc(C)c1CNC1CC(O)C1. The smallest absolute Gasteiger partial charge is 0.0570 e. The summed E-state index contributed by atoms with van der Waals surface area (Å²) in [5, 5.41) is 12.7. The summed E-state index contributed by atoms with van der Waals surface area (Å²) in [5.41, 5.74) is 4.10. The van der Waals surface area contributed by atoms with E-state index in [1.165, 1.54) is 16.7 Å². The molecule has 1 fully saturated rings. The summed E-state index contributed by atoms with van der Waals surface area (Å²) in [5.74, 6) is 0. The molecule has 2 rings (SSSR count). The number of hydrogen-bond donors (Lipinski definition) is 2. The van der Waals surface area contributed by atoms with Crippen molar-refractivity contribution in [2.24, 2.45) is 0 Å². The summed E-state index contributed by atoms with van der Waals surface area (Å²) in [6.45, 7) is 5.23. The standard InChI is InChI=1S/C13H19NO/c1-9-4-3-5-10(2)13(9)8-14-11-6-12(15)7-11/h3-5,11-12,14-15H,6-8H2,1-2H3. The summed E-state index contributed by atoms with van der Waals surface area (Å²) in [7, 11) is 0. The fourth-order valence-corrected chi connectivity index (χ4v) is 2.13. The van der Waals surface area contributed by atoms with Crippen LogP contribution in [0.15, 0.2) is 18.2 Å². The predicted molar refractivity (Wildman–Crippen MR) is 61.8 cm³/mol. The molecule has 0 aliphatic heterocycles. The van der Waals surface area contributed by atoms with Crippen LogP contribution in [0.3, 0.4) is 0 Å². The maximum absolute atomic E-state index is 9.18. The number of hydrogen-bond acceptors (Lipinski definition) is 2. The fraction of sp³-hybridized carbons (Fsp3) is 0.538. The van der Waals surface area contributed by atoms with Gasteiger partial charge in [-0.15, -0.1) is 0 Å². The molecule has 1 saturated carbocycles. The highest BCUT2D eigenvalue weighted by Gasteiger charge is 2.26. The molecule has 15 heavy (non-hydrogen) atoms. The lowest BCUT2D eigenvalue weighted by molar-refractivity contribution is 0.0619. The second-order valence-corrected chi connectivity index (χ2v) is 4.57. The van der Waals surface area contributed by atoms with E-state index in [2.05, 4.69) is 37.4 Å². The molecule has 0 unspecified atom stereocenters. The van der Waals surface area contributed by atoms with Gasteiger partial charge in [-0.1, -0.05) is 18.2 Å². The van der Waals surface area contributed by atoms with Gasteiger partial charge in [-0.25, -0.2) is 0 Å². The van der Waals surface area contributed by atoms with Crippen LogP contribution in [0.5, 0.6) is 0 Å². The molecule has 0 spiro atoms. The number of rotatable bonds is 3. The monoisotopic (exact) mass is 205 g/mol. The second-order valence-electron chi connectivity index (χ2n) is 4.57. The van der Waals surface area contributed by atoms with Crippen LogP contribution in [-0.2, 0) is 6.54 Å². The average Bonchev–Trinajstić information content (AvgIpc) is 2.14. The van der Waals surface area contributed by atoms with Crippen LogP contribution in [0.2, 0.25) is 0 Å². The Morgan fingerprint density at radius 3 is 2.40 bits per heavy atom. The Labute approximate surface area is 91.3 Å². The zero-order chi connectivity index (χ0) is 10.8. The van der Waals surface area contributed by atoms with Crippen molar-refractivity contribution < 1.29 is 5.11 Å². The highest BCUT2D eigenvalue weighted by molar-refractivity contribution is 5.33. The first kappa shape index (κ1) is 10.7. The first-order valence-corrected chi connectivity index (χ1v) is 5.63. The molecule has 2 N–H and O–H groups in total. The van der Waals surface area contributed by atoms with Crippen LogP contribution >= 0.6 is 0 Å². The summed E-state index contributed by atoms with van der Waals surface area (Å²) >= 11 is 0. The van der Waals surface area contributed by atoms with Crippen LogP contribution in [0.25, 0.3) is 0 Å². The third kappa shape index (κ3) is 2.39. The van der Waals surface area contributed by atoms with Crippen LogP contribution in [0.1, 0.15) is 29.5 Å². The maximum atomic E-state index is 9.18. The molecule has 0 bridgehead atoms. The van der Waals surface area contributed by atoms with E-state index in [0.717, 1.165) is 19.4 Å². The molecule has 1 aliphatic rings. The van der Waals surface area contributed by atoms with E-state index in [1.54, 1.807) is 0 Å². The van der Waals surface area contributed by atoms with Gasteiger partial charge in [0.15, 0.2) is 0 Å². The van der Waals surface area contributed by atoms with Crippen molar-refractivity contribution in [3.63, 3.8) is 0 Å². The van der Waals surface area contributed by atoms with Gasteiger partial charge in [0.2, 0.25) is 0 Å². The van der Waals surface area contributed by atoms with Crippen LogP contribution in [0, 0.1) is 13.8 Å². The highest BCUT2D eigenvalue weighted by atomic mass is 16.3. The summed E-state index contributed by atoms with van der Waals surface area (Å²) in [6.07, 6.45) is 1.75. The lowest BCUT2D eigenvalue weighted by Gasteiger charge is -2.32. The Morgan fingerprint density at radius 1 is 1.27 bits per heavy atom. The van der Waals surface area contributed by atoms with Gasteiger partial charge in [0.05, 0.1) is 6.10 Å². The third-order valence-corrected chi connectivity index (χ3v) is 3.33. The molecule has 2 heteroatoms. The van der Waals surface area contributed by atoms with Crippen LogP contribution in [-0.4, -0.2) is 17.3 Å². The largest absolute Gasteiger partial charge is 0.393 e. The van der Waals surface area contributed by atoms with Crippen LogP contribution < -0.4 is 5.32 Å². The summed E-state index contributed by atoms with van der Waals surface area (Å²) in [6, 6.07) is 6.92. The third-order valence-electron chi connectivity index (χ3n) is 3.33. The summed E-state index contributed by atoms with van der Waals surface area (Å²) in [4.78, 5) is 0. The van der Waals surface area contributed by atoms with E-state index in [0.29, 0.717) is 6.04 Å². The number of aliphatic hydroxyl groups excluding tert-OH is 1. The Balaban J connectivity index is 1.93. The molecule has 0 atom stereocenters. The van der Waals surface area contributed by atoms with Gasteiger partial charge in [0, 0.05) is 12.6 Å². The van der Waals surface area contributed by atoms with E-state index in [1.807, 2.05) is 0 Å². The quantitative estimate of drug-likeness (QED) is 0.790. The number of benzene rings is 1. The van der Waals surface area contributed by atoms with E-state index in [-0.39, 0.29) is 6.10 Å². The van der Waals surface area contributed by atoms with E-state index in [4.69, 9.17) is 0 Å². The molecular weight excluding hydrogens is 186 g/mol. The van der Waals surface area contributed by atoms with Gasteiger partial charge in [-0.05, 0) is 43.4 Å². The lowest BCUT2D eigenvalue weighted by atomic mass is 9.89. The van der Waals surface area contributed by atoms with Crippen molar-refractivity contribution in [3.8, 4) is 0 Å². The topological polar surface area (TPSA) is 32.3 Å². The molecule has 82 valence electrons. The van der Waals surface area contributed by atoms with Gasteiger partial charge in [-0.3, -0.25) is 0 Å². The average molecular weight is 205 g/mol. The van der Waals surface area contributed by atoms with Crippen molar-refractivity contribution in [2.45, 2.75) is 45.4 Å². The fourth-order valence-electron chi connectivity index (χ4n) is 2.13. The Kier molecular flexibility index (Phi) is 3.08. The van der Waals surface area contributed by atoms with Crippen molar-refractivity contribution in [1.29, 1.82) is 0 Å². The summed E-state index contributed by atoms with van der Waals surface area (Å²) < 4.78 is 0. The number of nitrogens with one attached hydrogen (secondary N) is 1. The highest BCUT2D eigenvalue weighted by Crippen LogP contribution is 2.21. The van der Waals surface area contributed by atoms with E-state index < -0.39 is 0 Å². The molecule has 1 aromatic rings. The second kappa shape index (κ2) is 4.33. The molecule has 1 aliphatic carbocycles. The Morgan fingerprint density at radius 2 is 1.87 bits per heavy atom. The zero-order valence-corrected chi connectivity index (χ0v) is 9.46. The molecule has 0 amide bonds. The molecular formula is C13H19NO. The zero-order valence-electron chi connectivity index (χ0n) is 9.46. The van der Waals surface area contributed by atoms with E-state index in [9.17, 15) is 5.11 Å². The molecule has 1 aromatic carbocycles. The van der Waals surface area contributed by atoms with Gasteiger partial charge in [-0.2, -0.15) is 0 Å². The Bertz CT molecular complexity index is 322. The first-order chi connectivity index (χ1) is 7.16. The molecule has 0 saturated heterocycles. The van der Waals surface area contributed by atoms with Crippen LogP contribution in [0.4, 0.5) is 0 Å². The van der Waals surface area contributed by atoms with Gasteiger partial charge in [0.25, 0.3) is 0 Å². The number of aliphatic hydroxyl groups is 1. The first-order valence-electron chi connectivity index (χ1n) is 5.63. The lowest BCUT2D eigenvalue weighted by Crippen LogP contribution is -2.43. The maximum Gasteiger partial charge on any atom is 0.0570 e.